The fourth-order valence-electron chi connectivity index (χ4n) is 2.58. The molecule has 2 aliphatic heterocycles. The second kappa shape index (κ2) is 4.76. The number of hydroxylamine groups is 1. The zero-order valence-corrected chi connectivity index (χ0v) is 10.5. The minimum atomic E-state index is 0.0114. The van der Waals surface area contributed by atoms with Crippen LogP contribution in [0, 0.1) is 5.92 Å². The SMILES string of the molecule is COc1ccc([C@@H]2OC[C@H]3CON[C@H]32)cc1OC. The monoisotopic (exact) mass is 251 g/mol. The highest BCUT2D eigenvalue weighted by Gasteiger charge is 2.42. The Morgan fingerprint density at radius 2 is 2.00 bits per heavy atom. The molecule has 0 radical (unpaired) electrons. The maximum atomic E-state index is 5.84. The van der Waals surface area contributed by atoms with E-state index < -0.39 is 0 Å². The van der Waals surface area contributed by atoms with Crippen LogP contribution in [0.15, 0.2) is 18.2 Å². The molecule has 2 saturated heterocycles. The molecule has 0 spiro atoms. The van der Waals surface area contributed by atoms with Gasteiger partial charge < -0.3 is 19.0 Å². The highest BCUT2D eigenvalue weighted by Crippen LogP contribution is 2.38. The smallest absolute Gasteiger partial charge is 0.161 e. The first-order valence-corrected chi connectivity index (χ1v) is 6.04. The van der Waals surface area contributed by atoms with Crippen LogP contribution in [-0.2, 0) is 9.57 Å². The lowest BCUT2D eigenvalue weighted by Crippen LogP contribution is -2.28. The minimum Gasteiger partial charge on any atom is -0.493 e. The number of fused-ring (bicyclic) bond motifs is 1. The van der Waals surface area contributed by atoms with Crippen molar-refractivity contribution in [3.05, 3.63) is 23.8 Å². The van der Waals surface area contributed by atoms with E-state index in [9.17, 15) is 0 Å². The van der Waals surface area contributed by atoms with E-state index in [0.29, 0.717) is 12.5 Å². The lowest BCUT2D eigenvalue weighted by Gasteiger charge is -2.18. The number of hydrogen-bond acceptors (Lipinski definition) is 5. The number of hydrogen-bond donors (Lipinski definition) is 1. The predicted molar refractivity (Wildman–Crippen MR) is 64.6 cm³/mol. The van der Waals surface area contributed by atoms with E-state index in [4.69, 9.17) is 19.0 Å². The summed E-state index contributed by atoms with van der Waals surface area (Å²) in [5.41, 5.74) is 4.12. The summed E-state index contributed by atoms with van der Waals surface area (Å²) in [6.45, 7) is 1.45. The van der Waals surface area contributed by atoms with Gasteiger partial charge in [-0.05, 0) is 17.7 Å². The maximum Gasteiger partial charge on any atom is 0.161 e. The molecule has 98 valence electrons. The van der Waals surface area contributed by atoms with Crippen molar-refractivity contribution in [3.8, 4) is 11.5 Å². The van der Waals surface area contributed by atoms with Crippen molar-refractivity contribution in [2.75, 3.05) is 27.4 Å². The summed E-state index contributed by atoms with van der Waals surface area (Å²) in [4.78, 5) is 5.28. The van der Waals surface area contributed by atoms with Gasteiger partial charge in [-0.1, -0.05) is 6.07 Å². The number of nitrogens with one attached hydrogen (secondary N) is 1. The molecule has 0 amide bonds. The third-order valence-electron chi connectivity index (χ3n) is 3.58. The van der Waals surface area contributed by atoms with Crippen molar-refractivity contribution in [3.63, 3.8) is 0 Å². The molecule has 1 N–H and O–H groups in total. The molecule has 3 atom stereocenters. The van der Waals surface area contributed by atoms with E-state index in [0.717, 1.165) is 23.7 Å². The molecule has 0 unspecified atom stereocenters. The fraction of sp³-hybridized carbons (Fsp3) is 0.538. The quantitative estimate of drug-likeness (QED) is 0.877. The van der Waals surface area contributed by atoms with Gasteiger partial charge >= 0.3 is 0 Å². The third kappa shape index (κ3) is 1.84. The summed E-state index contributed by atoms with van der Waals surface area (Å²) in [7, 11) is 3.27. The summed E-state index contributed by atoms with van der Waals surface area (Å²) in [6, 6.07) is 6.10. The molecular weight excluding hydrogens is 234 g/mol. The van der Waals surface area contributed by atoms with Crippen molar-refractivity contribution < 1.29 is 19.0 Å². The normalized spacial score (nSPS) is 30.2. The summed E-state index contributed by atoms with van der Waals surface area (Å²) in [6.07, 6.45) is 0.0114. The van der Waals surface area contributed by atoms with Crippen molar-refractivity contribution in [1.29, 1.82) is 0 Å². The van der Waals surface area contributed by atoms with Crippen LogP contribution in [0.5, 0.6) is 11.5 Å². The van der Waals surface area contributed by atoms with Gasteiger partial charge in [0.25, 0.3) is 0 Å². The summed E-state index contributed by atoms with van der Waals surface area (Å²) < 4.78 is 16.4. The molecule has 5 nitrogen and oxygen atoms in total. The second-order valence-electron chi connectivity index (χ2n) is 4.58. The van der Waals surface area contributed by atoms with Crippen LogP contribution in [0.25, 0.3) is 0 Å². The molecule has 18 heavy (non-hydrogen) atoms. The Morgan fingerprint density at radius 3 is 2.78 bits per heavy atom. The summed E-state index contributed by atoms with van der Waals surface area (Å²) in [5.74, 6) is 1.88. The molecule has 0 bridgehead atoms. The number of ether oxygens (including phenoxy) is 3. The molecule has 3 rings (SSSR count). The van der Waals surface area contributed by atoms with Crippen LogP contribution in [0.2, 0.25) is 0 Å². The molecule has 2 aliphatic rings. The molecule has 1 aromatic rings. The average molecular weight is 251 g/mol. The Kier molecular flexibility index (Phi) is 3.11. The Labute approximate surface area is 106 Å². The molecule has 0 aliphatic carbocycles. The highest BCUT2D eigenvalue weighted by atomic mass is 16.7. The van der Waals surface area contributed by atoms with Gasteiger partial charge in [-0.15, -0.1) is 0 Å². The first-order chi connectivity index (χ1) is 8.83. The number of methoxy groups -OCH3 is 2. The first kappa shape index (κ1) is 11.8. The Bertz CT molecular complexity index is 437. The van der Waals surface area contributed by atoms with Gasteiger partial charge in [-0.3, -0.25) is 0 Å². The van der Waals surface area contributed by atoms with Crippen molar-refractivity contribution >= 4 is 0 Å². The Balaban J connectivity index is 1.88. The summed E-state index contributed by atoms with van der Waals surface area (Å²) >= 11 is 0. The topological polar surface area (TPSA) is 49.0 Å². The van der Waals surface area contributed by atoms with Gasteiger partial charge in [0.2, 0.25) is 0 Å². The highest BCUT2D eigenvalue weighted by molar-refractivity contribution is 5.44. The Morgan fingerprint density at radius 1 is 1.17 bits per heavy atom. The molecular formula is C13H17NO4. The van der Waals surface area contributed by atoms with Gasteiger partial charge in [-0.25, -0.2) is 0 Å². The second-order valence-corrected chi connectivity index (χ2v) is 4.58. The molecule has 2 heterocycles. The van der Waals surface area contributed by atoms with Gasteiger partial charge in [-0.2, -0.15) is 5.48 Å². The molecule has 2 fully saturated rings. The summed E-state index contributed by atoms with van der Waals surface area (Å²) in [5, 5.41) is 0. The fourth-order valence-corrected chi connectivity index (χ4v) is 2.58. The van der Waals surface area contributed by atoms with Gasteiger partial charge in [0.05, 0.1) is 33.5 Å². The molecule has 1 aromatic carbocycles. The standard InChI is InChI=1S/C13H17NO4/c1-15-10-4-3-8(5-11(10)16-2)13-12-9(6-17-13)7-18-14-12/h3-5,9,12-14H,6-7H2,1-2H3/t9-,12+,13-/m0/s1. The largest absolute Gasteiger partial charge is 0.493 e. The predicted octanol–water partition coefficient (Wildman–Crippen LogP) is 1.29. The van der Waals surface area contributed by atoms with Crippen molar-refractivity contribution in [2.24, 2.45) is 5.92 Å². The molecule has 0 aromatic heterocycles. The zero-order valence-electron chi connectivity index (χ0n) is 10.5. The van der Waals surface area contributed by atoms with E-state index >= 15 is 0 Å². The van der Waals surface area contributed by atoms with Crippen molar-refractivity contribution in [2.45, 2.75) is 12.1 Å². The average Bonchev–Trinajstić information content (AvgIpc) is 3.00. The van der Waals surface area contributed by atoms with E-state index in [1.165, 1.54) is 0 Å². The lowest BCUT2D eigenvalue weighted by atomic mass is 9.96. The van der Waals surface area contributed by atoms with Crippen molar-refractivity contribution in [1.82, 2.24) is 5.48 Å². The Hall–Kier alpha value is -1.30. The van der Waals surface area contributed by atoms with E-state index in [-0.39, 0.29) is 12.1 Å². The van der Waals surface area contributed by atoms with Crippen LogP contribution >= 0.6 is 0 Å². The third-order valence-corrected chi connectivity index (χ3v) is 3.58. The number of rotatable bonds is 3. The maximum absolute atomic E-state index is 5.84. The van der Waals surface area contributed by atoms with Gasteiger partial charge in [0.15, 0.2) is 11.5 Å². The van der Waals surface area contributed by atoms with E-state index in [1.54, 1.807) is 14.2 Å². The lowest BCUT2D eigenvalue weighted by molar-refractivity contribution is 0.0143. The number of benzene rings is 1. The van der Waals surface area contributed by atoms with Crippen LogP contribution in [0.1, 0.15) is 11.7 Å². The first-order valence-electron chi connectivity index (χ1n) is 6.04. The van der Waals surface area contributed by atoms with Gasteiger partial charge in [0.1, 0.15) is 6.10 Å². The molecule has 0 saturated carbocycles. The van der Waals surface area contributed by atoms with Crippen LogP contribution in [0.4, 0.5) is 0 Å². The zero-order chi connectivity index (χ0) is 12.5. The van der Waals surface area contributed by atoms with E-state index in [2.05, 4.69) is 5.48 Å². The van der Waals surface area contributed by atoms with Crippen LogP contribution in [-0.4, -0.2) is 33.5 Å². The van der Waals surface area contributed by atoms with E-state index in [1.807, 2.05) is 18.2 Å². The van der Waals surface area contributed by atoms with Gasteiger partial charge in [0, 0.05) is 5.92 Å². The van der Waals surface area contributed by atoms with Crippen LogP contribution in [0.3, 0.4) is 0 Å². The van der Waals surface area contributed by atoms with Crippen LogP contribution < -0.4 is 15.0 Å². The molecule has 5 heteroatoms. The minimum absolute atomic E-state index is 0.0114.